The van der Waals surface area contributed by atoms with E-state index in [0.717, 1.165) is 25.9 Å². The summed E-state index contributed by atoms with van der Waals surface area (Å²) in [5.74, 6) is 2.87. The van der Waals surface area contributed by atoms with E-state index in [1.165, 1.54) is 67.2 Å². The van der Waals surface area contributed by atoms with Crippen LogP contribution in [-0.2, 0) is 12.8 Å². The van der Waals surface area contributed by atoms with Crippen LogP contribution in [0.1, 0.15) is 97.6 Å². The summed E-state index contributed by atoms with van der Waals surface area (Å²) in [4.78, 5) is 2.59. The van der Waals surface area contributed by atoms with Gasteiger partial charge in [0, 0.05) is 18.4 Å². The van der Waals surface area contributed by atoms with Crippen LogP contribution in [-0.4, -0.2) is 25.0 Å². The summed E-state index contributed by atoms with van der Waals surface area (Å²) < 4.78 is 0. The molecule has 1 aromatic carbocycles. The maximum absolute atomic E-state index is 2.59. The summed E-state index contributed by atoms with van der Waals surface area (Å²) in [5.41, 5.74) is 10.8. The standard InChI is InChI=1S/C47H65N/c1-8-21-39-25-13-14-26-40(39)27-19-28-41(34-36(4)5)37(6)22-11-12-23-38(9-2)24-20-33-48(7)35-47-42(10-3)43-29-15-16-30-44(43)45-31-17-18-32-46(45)47/h9-15,17-19,22,25-26,28-29,31-32,36,41,45-47H,8,16,20-21,23-24,27,30,33-35H2,1-7H3/b12-11-,28-19-,37-22+,38-9-,42-10-. The van der Waals surface area contributed by atoms with E-state index < -0.39 is 0 Å². The molecule has 0 saturated heterocycles. The van der Waals surface area contributed by atoms with Crippen LogP contribution in [0.4, 0.5) is 0 Å². The normalized spacial score (nSPS) is 22.9. The minimum atomic E-state index is 0.490. The van der Waals surface area contributed by atoms with Crippen LogP contribution in [0.3, 0.4) is 0 Å². The molecule has 0 aromatic heterocycles. The topological polar surface area (TPSA) is 3.24 Å². The molecule has 4 rings (SSSR count). The van der Waals surface area contributed by atoms with Crippen molar-refractivity contribution >= 4 is 0 Å². The Labute approximate surface area is 295 Å². The van der Waals surface area contributed by atoms with Crippen molar-refractivity contribution in [3.8, 4) is 0 Å². The van der Waals surface area contributed by atoms with Gasteiger partial charge in [0.2, 0.25) is 0 Å². The van der Waals surface area contributed by atoms with Gasteiger partial charge in [-0.25, -0.2) is 0 Å². The third kappa shape index (κ3) is 10.7. The molecule has 0 N–H and O–H groups in total. The summed E-state index contributed by atoms with van der Waals surface area (Å²) in [7, 11) is 2.33. The van der Waals surface area contributed by atoms with Crippen LogP contribution in [0, 0.1) is 29.6 Å². The Bertz CT molecular complexity index is 1450. The maximum Gasteiger partial charge on any atom is 0.00584 e. The number of rotatable bonds is 17. The fourth-order valence-corrected chi connectivity index (χ4v) is 8.15. The average Bonchev–Trinajstić information content (AvgIpc) is 3.09. The monoisotopic (exact) mass is 644 g/mol. The quantitative estimate of drug-likeness (QED) is 0.121. The highest BCUT2D eigenvalue weighted by atomic mass is 15.1. The van der Waals surface area contributed by atoms with Crippen molar-refractivity contribution in [1.82, 2.24) is 4.90 Å². The Morgan fingerprint density at radius 1 is 1.04 bits per heavy atom. The Balaban J connectivity index is 1.27. The number of fused-ring (bicyclic) bond motifs is 2. The predicted octanol–water partition coefficient (Wildman–Crippen LogP) is 12.5. The van der Waals surface area contributed by atoms with Gasteiger partial charge in [-0.15, -0.1) is 0 Å². The number of hydrogen-bond acceptors (Lipinski definition) is 1. The first-order valence-electron chi connectivity index (χ1n) is 19.2. The molecule has 0 spiro atoms. The highest BCUT2D eigenvalue weighted by molar-refractivity contribution is 5.53. The lowest BCUT2D eigenvalue weighted by molar-refractivity contribution is 0.239. The molecule has 1 heteroatoms. The van der Waals surface area contributed by atoms with E-state index in [-0.39, 0.29) is 0 Å². The van der Waals surface area contributed by atoms with Gasteiger partial charge >= 0.3 is 0 Å². The van der Waals surface area contributed by atoms with E-state index in [4.69, 9.17) is 0 Å². The summed E-state index contributed by atoms with van der Waals surface area (Å²) in [6.45, 7) is 16.0. The van der Waals surface area contributed by atoms with Gasteiger partial charge in [-0.3, -0.25) is 0 Å². The zero-order chi connectivity index (χ0) is 34.3. The molecular formula is C47H65N. The van der Waals surface area contributed by atoms with E-state index in [1.54, 1.807) is 16.7 Å². The van der Waals surface area contributed by atoms with Crippen molar-refractivity contribution < 1.29 is 0 Å². The summed E-state index contributed by atoms with van der Waals surface area (Å²) in [6, 6.07) is 8.95. The first-order valence-corrected chi connectivity index (χ1v) is 19.2. The van der Waals surface area contributed by atoms with E-state index in [0.29, 0.717) is 29.6 Å². The van der Waals surface area contributed by atoms with Crippen LogP contribution < -0.4 is 0 Å². The van der Waals surface area contributed by atoms with Gasteiger partial charge in [-0.05, 0) is 126 Å². The SMILES string of the molecule is C/C=C(/C/C=C\C=C(/C)C(/C=C\Cc1ccccc1CCC)CC(C)C)CCCN(C)CC1/C(=C\C)C2=C(CCC=C2)C2C=CC=CC21. The second-order valence-corrected chi connectivity index (χ2v) is 14.8. The Morgan fingerprint density at radius 3 is 2.58 bits per heavy atom. The van der Waals surface area contributed by atoms with Crippen molar-refractivity contribution in [3.63, 3.8) is 0 Å². The Hall–Kier alpha value is -3.16. The Morgan fingerprint density at radius 2 is 1.83 bits per heavy atom. The fraction of sp³-hybridized carbons (Fsp3) is 0.489. The molecule has 258 valence electrons. The molecule has 4 unspecified atom stereocenters. The number of nitrogens with zero attached hydrogens (tertiary/aromatic N) is 1. The molecule has 0 bridgehead atoms. The highest BCUT2D eigenvalue weighted by Crippen LogP contribution is 2.48. The lowest BCUT2D eigenvalue weighted by Crippen LogP contribution is -2.38. The van der Waals surface area contributed by atoms with Gasteiger partial charge in [0.05, 0.1) is 0 Å². The van der Waals surface area contributed by atoms with E-state index >= 15 is 0 Å². The molecule has 0 saturated carbocycles. The van der Waals surface area contributed by atoms with Gasteiger partial charge in [0.25, 0.3) is 0 Å². The first kappa shape index (κ1) is 37.7. The molecule has 0 aliphatic heterocycles. The Kier molecular flexibility index (Phi) is 15.5. The highest BCUT2D eigenvalue weighted by Gasteiger charge is 2.39. The molecule has 3 aliphatic rings. The second kappa shape index (κ2) is 19.7. The molecule has 0 heterocycles. The molecule has 3 aliphatic carbocycles. The molecule has 4 atom stereocenters. The second-order valence-electron chi connectivity index (χ2n) is 14.8. The van der Waals surface area contributed by atoms with Crippen molar-refractivity contribution in [2.24, 2.45) is 29.6 Å². The average molecular weight is 644 g/mol. The van der Waals surface area contributed by atoms with Crippen LogP contribution in [0.5, 0.6) is 0 Å². The minimum absolute atomic E-state index is 0.490. The molecule has 1 aromatic rings. The third-order valence-corrected chi connectivity index (χ3v) is 10.8. The van der Waals surface area contributed by atoms with E-state index in [1.807, 2.05) is 0 Å². The lowest BCUT2D eigenvalue weighted by atomic mass is 9.63. The molecule has 48 heavy (non-hydrogen) atoms. The summed E-state index contributed by atoms with van der Waals surface area (Å²) in [6.07, 6.45) is 41.4. The smallest absolute Gasteiger partial charge is 0.00584 e. The number of allylic oxidation sites excluding steroid dienone is 17. The summed E-state index contributed by atoms with van der Waals surface area (Å²) >= 11 is 0. The fourth-order valence-electron chi connectivity index (χ4n) is 8.15. The lowest BCUT2D eigenvalue weighted by Gasteiger charge is -2.43. The molecule has 1 nitrogen and oxygen atoms in total. The molecular weight excluding hydrogens is 579 g/mol. The largest absolute Gasteiger partial charge is 0.306 e. The van der Waals surface area contributed by atoms with Gasteiger partial charge in [0.1, 0.15) is 0 Å². The van der Waals surface area contributed by atoms with Gasteiger partial charge in [-0.1, -0.05) is 147 Å². The number of hydrogen-bond donors (Lipinski definition) is 0. The van der Waals surface area contributed by atoms with Crippen molar-refractivity contribution in [2.75, 3.05) is 20.1 Å². The van der Waals surface area contributed by atoms with E-state index in [9.17, 15) is 0 Å². The summed E-state index contributed by atoms with van der Waals surface area (Å²) in [5, 5.41) is 0. The first-order chi connectivity index (χ1) is 23.4. The van der Waals surface area contributed by atoms with Crippen molar-refractivity contribution in [1.29, 1.82) is 0 Å². The van der Waals surface area contributed by atoms with Crippen LogP contribution in [0.15, 0.2) is 131 Å². The van der Waals surface area contributed by atoms with Crippen molar-refractivity contribution in [3.05, 3.63) is 142 Å². The van der Waals surface area contributed by atoms with Gasteiger partial charge < -0.3 is 4.90 Å². The minimum Gasteiger partial charge on any atom is -0.306 e. The predicted molar refractivity (Wildman–Crippen MR) is 212 cm³/mol. The van der Waals surface area contributed by atoms with Crippen LogP contribution >= 0.6 is 0 Å². The zero-order valence-electron chi connectivity index (χ0n) is 31.4. The molecule has 0 radical (unpaired) electrons. The third-order valence-electron chi connectivity index (χ3n) is 10.8. The van der Waals surface area contributed by atoms with Crippen LogP contribution in [0.2, 0.25) is 0 Å². The number of aryl methyl sites for hydroxylation is 1. The van der Waals surface area contributed by atoms with Gasteiger partial charge in [-0.2, -0.15) is 0 Å². The van der Waals surface area contributed by atoms with E-state index in [2.05, 4.69) is 157 Å². The maximum atomic E-state index is 2.59. The van der Waals surface area contributed by atoms with Crippen LogP contribution in [0.25, 0.3) is 0 Å². The number of benzene rings is 1. The van der Waals surface area contributed by atoms with Gasteiger partial charge in [0.15, 0.2) is 0 Å². The van der Waals surface area contributed by atoms with Crippen molar-refractivity contribution in [2.45, 2.75) is 99.3 Å². The zero-order valence-corrected chi connectivity index (χ0v) is 31.4. The molecule has 0 amide bonds. The molecule has 0 fully saturated rings.